The Morgan fingerprint density at radius 1 is 1.15 bits per heavy atom. The van der Waals surface area contributed by atoms with E-state index in [1.165, 1.54) is 42.5 Å². The van der Waals surface area contributed by atoms with Crippen molar-refractivity contribution in [2.24, 2.45) is 0 Å². The monoisotopic (exact) mass is 308 g/mol. The van der Waals surface area contributed by atoms with E-state index in [2.05, 4.69) is 4.72 Å². The second-order valence-corrected chi connectivity index (χ2v) is 6.00. The van der Waals surface area contributed by atoms with E-state index in [1.807, 2.05) is 6.07 Å². The maximum atomic E-state index is 12.1. The number of anilines is 1. The summed E-state index contributed by atoms with van der Waals surface area (Å²) in [6.45, 7) is 0. The van der Waals surface area contributed by atoms with Gasteiger partial charge in [-0.25, -0.2) is 8.42 Å². The number of rotatable bonds is 3. The summed E-state index contributed by atoms with van der Waals surface area (Å²) < 4.78 is 26.6. The number of phenols is 1. The Kier molecular flexibility index (Phi) is 3.84. The quantitative estimate of drug-likeness (QED) is 0.853. The Balaban J connectivity index is 2.33. The molecule has 102 valence electrons. The molecule has 0 aliphatic carbocycles. The fourth-order valence-corrected chi connectivity index (χ4v) is 2.87. The lowest BCUT2D eigenvalue weighted by Crippen LogP contribution is -2.12. The van der Waals surface area contributed by atoms with Crippen LogP contribution in [0.1, 0.15) is 5.56 Å². The zero-order chi connectivity index (χ0) is 14.8. The van der Waals surface area contributed by atoms with E-state index in [0.717, 1.165) is 0 Å². The number of phenolic OH excluding ortho intramolecular Hbond substituents is 1. The van der Waals surface area contributed by atoms with Crippen molar-refractivity contribution in [1.82, 2.24) is 0 Å². The van der Waals surface area contributed by atoms with Crippen LogP contribution in [-0.2, 0) is 10.0 Å². The van der Waals surface area contributed by atoms with Gasteiger partial charge in [0.25, 0.3) is 10.0 Å². The van der Waals surface area contributed by atoms with Crippen molar-refractivity contribution in [3.05, 3.63) is 53.1 Å². The van der Waals surface area contributed by atoms with Gasteiger partial charge in [-0.15, -0.1) is 0 Å². The van der Waals surface area contributed by atoms with E-state index in [1.54, 1.807) is 0 Å². The number of nitrogens with zero attached hydrogens (tertiary/aromatic N) is 1. The maximum absolute atomic E-state index is 12.1. The molecule has 0 amide bonds. The summed E-state index contributed by atoms with van der Waals surface area (Å²) in [6, 6.07) is 11.3. The smallest absolute Gasteiger partial charge is 0.261 e. The molecule has 2 N–H and O–H groups in total. The summed E-state index contributed by atoms with van der Waals surface area (Å²) in [5.74, 6) is 0.0364. The molecular formula is C13H9ClN2O3S. The standard InChI is InChI=1S/C13H9ClN2O3S/c14-13-7-12(6-1-9(13)8-15)20(18,19)16-10-2-4-11(17)5-3-10/h1-7,16-17H. The molecule has 0 aliphatic rings. The second kappa shape index (κ2) is 5.41. The van der Waals surface area contributed by atoms with E-state index >= 15 is 0 Å². The molecule has 5 nitrogen and oxygen atoms in total. The molecule has 0 aliphatic heterocycles. The number of nitrogens with one attached hydrogen (secondary N) is 1. The minimum Gasteiger partial charge on any atom is -0.508 e. The molecule has 0 spiro atoms. The van der Waals surface area contributed by atoms with Gasteiger partial charge in [-0.2, -0.15) is 5.26 Å². The molecular weight excluding hydrogens is 300 g/mol. The van der Waals surface area contributed by atoms with Gasteiger partial charge in [0.1, 0.15) is 11.8 Å². The van der Waals surface area contributed by atoms with Crippen LogP contribution in [0.4, 0.5) is 5.69 Å². The molecule has 0 saturated carbocycles. The summed E-state index contributed by atoms with van der Waals surface area (Å²) in [6.07, 6.45) is 0. The predicted molar refractivity (Wildman–Crippen MR) is 75.1 cm³/mol. The third kappa shape index (κ3) is 3.02. The molecule has 2 rings (SSSR count). The summed E-state index contributed by atoms with van der Waals surface area (Å²) in [5.41, 5.74) is 0.513. The molecule has 2 aromatic rings. The fraction of sp³-hybridized carbons (Fsp3) is 0. The maximum Gasteiger partial charge on any atom is 0.261 e. The van der Waals surface area contributed by atoms with Crippen LogP contribution in [0.3, 0.4) is 0 Å². The number of nitriles is 1. The summed E-state index contributed by atoms with van der Waals surface area (Å²) in [5, 5.41) is 18.0. The average Bonchev–Trinajstić information content (AvgIpc) is 2.41. The highest BCUT2D eigenvalue weighted by Crippen LogP contribution is 2.23. The SMILES string of the molecule is N#Cc1ccc(S(=O)(=O)Nc2ccc(O)cc2)cc1Cl. The summed E-state index contributed by atoms with van der Waals surface area (Å²) in [7, 11) is -3.80. The normalized spacial score (nSPS) is 10.8. The van der Waals surface area contributed by atoms with E-state index in [0.29, 0.717) is 5.69 Å². The van der Waals surface area contributed by atoms with Gasteiger partial charge in [0.05, 0.1) is 15.5 Å². The molecule has 0 radical (unpaired) electrons. The first-order valence-electron chi connectivity index (χ1n) is 5.44. The molecule has 20 heavy (non-hydrogen) atoms. The van der Waals surface area contributed by atoms with Gasteiger partial charge in [0, 0.05) is 5.69 Å². The van der Waals surface area contributed by atoms with Gasteiger partial charge < -0.3 is 5.11 Å². The van der Waals surface area contributed by atoms with Gasteiger partial charge in [-0.05, 0) is 42.5 Å². The summed E-state index contributed by atoms with van der Waals surface area (Å²) >= 11 is 5.81. The highest BCUT2D eigenvalue weighted by Gasteiger charge is 2.15. The van der Waals surface area contributed by atoms with E-state index in [4.69, 9.17) is 22.0 Å². The lowest BCUT2D eigenvalue weighted by atomic mass is 10.2. The molecule has 0 unspecified atom stereocenters. The number of aromatic hydroxyl groups is 1. The van der Waals surface area contributed by atoms with E-state index in [-0.39, 0.29) is 21.2 Å². The van der Waals surface area contributed by atoms with Crippen molar-refractivity contribution < 1.29 is 13.5 Å². The van der Waals surface area contributed by atoms with E-state index < -0.39 is 10.0 Å². The zero-order valence-corrected chi connectivity index (χ0v) is 11.6. The lowest BCUT2D eigenvalue weighted by molar-refractivity contribution is 0.475. The van der Waals surface area contributed by atoms with Gasteiger partial charge in [-0.3, -0.25) is 4.72 Å². The van der Waals surface area contributed by atoms with Crippen molar-refractivity contribution >= 4 is 27.3 Å². The van der Waals surface area contributed by atoms with Crippen LogP contribution in [0, 0.1) is 11.3 Å². The first-order valence-corrected chi connectivity index (χ1v) is 7.30. The van der Waals surface area contributed by atoms with Gasteiger partial charge in [-0.1, -0.05) is 11.6 Å². The van der Waals surface area contributed by atoms with Gasteiger partial charge in [0.2, 0.25) is 0 Å². The molecule has 0 fully saturated rings. The lowest BCUT2D eigenvalue weighted by Gasteiger charge is -2.08. The van der Waals surface area contributed by atoms with Crippen molar-refractivity contribution in [3.8, 4) is 11.8 Å². The molecule has 0 bridgehead atoms. The predicted octanol–water partition coefficient (Wildman–Crippen LogP) is 2.72. The minimum atomic E-state index is -3.80. The fourth-order valence-electron chi connectivity index (χ4n) is 1.50. The highest BCUT2D eigenvalue weighted by molar-refractivity contribution is 7.92. The minimum absolute atomic E-state index is 0.0364. The molecule has 7 heteroatoms. The Morgan fingerprint density at radius 2 is 1.80 bits per heavy atom. The van der Waals surface area contributed by atoms with Crippen LogP contribution >= 0.6 is 11.6 Å². The number of benzene rings is 2. The summed E-state index contributed by atoms with van der Waals surface area (Å²) in [4.78, 5) is -0.0467. The highest BCUT2D eigenvalue weighted by atomic mass is 35.5. The van der Waals surface area contributed by atoms with Crippen molar-refractivity contribution in [2.45, 2.75) is 4.90 Å². The molecule has 0 atom stereocenters. The number of hydrogen-bond acceptors (Lipinski definition) is 4. The third-order valence-electron chi connectivity index (χ3n) is 2.49. The second-order valence-electron chi connectivity index (χ2n) is 3.91. The van der Waals surface area contributed by atoms with Crippen LogP contribution in [0.25, 0.3) is 0 Å². The topological polar surface area (TPSA) is 90.2 Å². The van der Waals surface area contributed by atoms with Gasteiger partial charge in [0.15, 0.2) is 0 Å². The molecule has 0 saturated heterocycles. The first-order chi connectivity index (χ1) is 9.42. The average molecular weight is 309 g/mol. The molecule has 2 aromatic carbocycles. The number of hydrogen-bond donors (Lipinski definition) is 2. The van der Waals surface area contributed by atoms with Crippen LogP contribution in [0.2, 0.25) is 5.02 Å². The Morgan fingerprint density at radius 3 is 2.35 bits per heavy atom. The largest absolute Gasteiger partial charge is 0.508 e. The van der Waals surface area contributed by atoms with Crippen LogP contribution in [-0.4, -0.2) is 13.5 Å². The first kappa shape index (κ1) is 14.2. The van der Waals surface area contributed by atoms with Crippen molar-refractivity contribution in [3.63, 3.8) is 0 Å². The van der Waals surface area contributed by atoms with Gasteiger partial charge >= 0.3 is 0 Å². The molecule has 0 heterocycles. The molecule has 0 aromatic heterocycles. The van der Waals surface area contributed by atoms with Crippen LogP contribution < -0.4 is 4.72 Å². The van der Waals surface area contributed by atoms with Crippen LogP contribution in [0.5, 0.6) is 5.75 Å². The third-order valence-corrected chi connectivity index (χ3v) is 4.18. The number of halogens is 1. The van der Waals surface area contributed by atoms with Crippen molar-refractivity contribution in [1.29, 1.82) is 5.26 Å². The Labute approximate surface area is 121 Å². The Hall–Kier alpha value is -2.23. The number of sulfonamides is 1. The van der Waals surface area contributed by atoms with Crippen molar-refractivity contribution in [2.75, 3.05) is 4.72 Å². The van der Waals surface area contributed by atoms with Crippen LogP contribution in [0.15, 0.2) is 47.4 Å². The Bertz CT molecular complexity index is 780. The zero-order valence-electron chi connectivity index (χ0n) is 10.0. The van der Waals surface area contributed by atoms with E-state index in [9.17, 15) is 8.42 Å².